The second-order valence-corrected chi connectivity index (χ2v) is 6.93. The first-order valence-electron chi connectivity index (χ1n) is 8.63. The number of fused-ring (bicyclic) bond motifs is 1. The van der Waals surface area contributed by atoms with Crippen LogP contribution in [-0.2, 0) is 4.74 Å². The molecule has 0 spiro atoms. The fourth-order valence-electron chi connectivity index (χ4n) is 3.20. The quantitative estimate of drug-likeness (QED) is 0.427. The lowest BCUT2D eigenvalue weighted by Crippen LogP contribution is -2.33. The molecule has 3 rings (SSSR count). The lowest BCUT2D eigenvalue weighted by Gasteiger charge is -2.19. The van der Waals surface area contributed by atoms with Crippen molar-refractivity contribution in [1.82, 2.24) is 19.5 Å². The van der Waals surface area contributed by atoms with E-state index < -0.39 is 31.1 Å². The predicted molar refractivity (Wildman–Crippen MR) is 92.3 cm³/mol. The number of hydrogen-bond acceptors (Lipinski definition) is 9. The summed E-state index contributed by atoms with van der Waals surface area (Å²) in [6, 6.07) is -0.174. The molecule has 0 aliphatic carbocycles. The van der Waals surface area contributed by atoms with Gasteiger partial charge in [-0.05, 0) is 12.3 Å². The van der Waals surface area contributed by atoms with Gasteiger partial charge in [0.25, 0.3) is 0 Å². The summed E-state index contributed by atoms with van der Waals surface area (Å²) in [6.45, 7) is 3.68. The highest BCUT2D eigenvalue weighted by Gasteiger charge is 2.44. The van der Waals surface area contributed by atoms with Gasteiger partial charge in [0.1, 0.15) is 24.6 Å². The van der Waals surface area contributed by atoms with Gasteiger partial charge in [-0.2, -0.15) is 0 Å². The number of imidazole rings is 1. The Bertz CT molecular complexity index is 739. The summed E-state index contributed by atoms with van der Waals surface area (Å²) >= 11 is 0. The molecule has 0 radical (unpaired) electrons. The molecule has 144 valence electrons. The summed E-state index contributed by atoms with van der Waals surface area (Å²) in [5.74, 6) is 0.869. The molecule has 10 nitrogen and oxygen atoms in total. The lowest BCUT2D eigenvalue weighted by molar-refractivity contribution is -0.0511. The fraction of sp³-hybridized carbons (Fsp3) is 0.688. The fourth-order valence-corrected chi connectivity index (χ4v) is 3.20. The highest BCUT2D eigenvalue weighted by Crippen LogP contribution is 2.32. The first kappa shape index (κ1) is 18.9. The van der Waals surface area contributed by atoms with Crippen LogP contribution in [-0.4, -0.2) is 77.5 Å². The maximum atomic E-state index is 10.2. The molecule has 0 bridgehead atoms. The van der Waals surface area contributed by atoms with E-state index in [1.807, 2.05) is 0 Å². The number of aliphatic hydroxyl groups excluding tert-OH is 4. The van der Waals surface area contributed by atoms with Crippen LogP contribution in [0.4, 0.5) is 5.82 Å². The lowest BCUT2D eigenvalue weighted by atomic mass is 10.0. The van der Waals surface area contributed by atoms with Crippen LogP contribution < -0.4 is 5.32 Å². The van der Waals surface area contributed by atoms with E-state index >= 15 is 0 Å². The summed E-state index contributed by atoms with van der Waals surface area (Å²) in [5.41, 5.74) is 0.881. The Morgan fingerprint density at radius 2 is 1.96 bits per heavy atom. The first-order chi connectivity index (χ1) is 12.5. The van der Waals surface area contributed by atoms with Crippen molar-refractivity contribution in [3.05, 3.63) is 12.7 Å². The van der Waals surface area contributed by atoms with Crippen LogP contribution >= 0.6 is 0 Å². The van der Waals surface area contributed by atoms with E-state index in [0.29, 0.717) is 22.9 Å². The summed E-state index contributed by atoms with van der Waals surface area (Å²) < 4.78 is 7.04. The first-order valence-corrected chi connectivity index (χ1v) is 8.63. The summed E-state index contributed by atoms with van der Waals surface area (Å²) in [4.78, 5) is 12.7. The number of aliphatic hydroxyl groups is 4. The van der Waals surface area contributed by atoms with Crippen LogP contribution in [0.25, 0.3) is 11.2 Å². The van der Waals surface area contributed by atoms with Crippen molar-refractivity contribution in [3.8, 4) is 0 Å². The number of anilines is 1. The van der Waals surface area contributed by atoms with Crippen molar-refractivity contribution >= 4 is 17.0 Å². The number of nitrogens with zero attached hydrogens (tertiary/aromatic N) is 4. The van der Waals surface area contributed by atoms with Crippen molar-refractivity contribution in [1.29, 1.82) is 0 Å². The van der Waals surface area contributed by atoms with E-state index in [-0.39, 0.29) is 12.6 Å². The van der Waals surface area contributed by atoms with Gasteiger partial charge in [-0.1, -0.05) is 13.8 Å². The summed E-state index contributed by atoms with van der Waals surface area (Å²) in [5, 5.41) is 42.2. The molecule has 5 N–H and O–H groups in total. The van der Waals surface area contributed by atoms with Gasteiger partial charge in [-0.3, -0.25) is 4.57 Å². The molecule has 2 aromatic heterocycles. The number of ether oxygens (including phenoxy) is 1. The average molecular weight is 367 g/mol. The van der Waals surface area contributed by atoms with Crippen LogP contribution in [0.2, 0.25) is 0 Å². The zero-order valence-electron chi connectivity index (χ0n) is 14.7. The van der Waals surface area contributed by atoms with Crippen LogP contribution in [0, 0.1) is 5.92 Å². The zero-order valence-corrected chi connectivity index (χ0v) is 14.7. The molecular weight excluding hydrogens is 342 g/mol. The largest absolute Gasteiger partial charge is 0.394 e. The summed E-state index contributed by atoms with van der Waals surface area (Å²) in [7, 11) is 0. The van der Waals surface area contributed by atoms with Gasteiger partial charge in [0.05, 0.1) is 25.6 Å². The van der Waals surface area contributed by atoms with Gasteiger partial charge in [0.2, 0.25) is 0 Å². The minimum atomic E-state index is -1.22. The van der Waals surface area contributed by atoms with E-state index in [1.165, 1.54) is 17.2 Å². The van der Waals surface area contributed by atoms with Gasteiger partial charge >= 0.3 is 0 Å². The van der Waals surface area contributed by atoms with E-state index in [4.69, 9.17) is 4.74 Å². The minimum absolute atomic E-state index is 0.0425. The average Bonchev–Trinajstić information content (AvgIpc) is 3.16. The van der Waals surface area contributed by atoms with Crippen molar-refractivity contribution in [3.63, 3.8) is 0 Å². The molecule has 0 saturated carbocycles. The molecule has 1 unspecified atom stereocenters. The van der Waals surface area contributed by atoms with Crippen molar-refractivity contribution < 1.29 is 25.2 Å². The van der Waals surface area contributed by atoms with Crippen LogP contribution in [0.15, 0.2) is 12.7 Å². The Labute approximate surface area is 150 Å². The van der Waals surface area contributed by atoms with Gasteiger partial charge in [-0.15, -0.1) is 0 Å². The van der Waals surface area contributed by atoms with Gasteiger partial charge in [0.15, 0.2) is 23.2 Å². The van der Waals surface area contributed by atoms with E-state index in [1.54, 1.807) is 0 Å². The zero-order chi connectivity index (χ0) is 18.8. The molecule has 0 amide bonds. The maximum absolute atomic E-state index is 10.2. The van der Waals surface area contributed by atoms with E-state index in [2.05, 4.69) is 34.1 Å². The normalized spacial score (nSPS) is 27.3. The third-order valence-corrected chi connectivity index (χ3v) is 4.47. The van der Waals surface area contributed by atoms with Crippen LogP contribution in [0.5, 0.6) is 0 Å². The smallest absolute Gasteiger partial charge is 0.167 e. The number of nitrogens with one attached hydrogen (secondary N) is 1. The molecule has 1 aliphatic rings. The standard InChI is InChI=1S/C16H25N5O5/c1-8(2)3-9(4-22)20-14-11-15(18-6-17-14)21(7-19-11)16-13(25)12(24)10(5-23)26-16/h6-10,12-13,16,22-25H,3-5H2,1-2H3,(H,17,18,20)/t9-,10-,12-,13-,16?/m1/s1. The van der Waals surface area contributed by atoms with Gasteiger partial charge in [0, 0.05) is 0 Å². The Balaban J connectivity index is 1.89. The predicted octanol–water partition coefficient (Wildman–Crippen LogP) is -0.743. The van der Waals surface area contributed by atoms with Crippen LogP contribution in [0.1, 0.15) is 26.5 Å². The Kier molecular flexibility index (Phi) is 5.68. The highest BCUT2D eigenvalue weighted by molar-refractivity contribution is 5.82. The molecule has 2 aromatic rings. The number of hydrogen-bond donors (Lipinski definition) is 5. The number of rotatable bonds is 7. The molecule has 5 atom stereocenters. The van der Waals surface area contributed by atoms with E-state index in [0.717, 1.165) is 6.42 Å². The molecule has 1 saturated heterocycles. The molecule has 3 heterocycles. The molecular formula is C16H25N5O5. The topological polar surface area (TPSA) is 146 Å². The van der Waals surface area contributed by atoms with Crippen molar-refractivity contribution in [2.45, 2.75) is 50.8 Å². The number of aromatic nitrogens is 4. The van der Waals surface area contributed by atoms with Gasteiger partial charge in [-0.25, -0.2) is 15.0 Å². The monoisotopic (exact) mass is 367 g/mol. The Hall–Kier alpha value is -1.85. The Morgan fingerprint density at radius 1 is 1.19 bits per heavy atom. The Morgan fingerprint density at radius 3 is 2.58 bits per heavy atom. The third kappa shape index (κ3) is 3.51. The molecule has 1 aliphatic heterocycles. The second kappa shape index (κ2) is 7.80. The third-order valence-electron chi connectivity index (χ3n) is 4.47. The maximum Gasteiger partial charge on any atom is 0.167 e. The van der Waals surface area contributed by atoms with E-state index in [9.17, 15) is 20.4 Å². The molecule has 1 fully saturated rings. The molecule has 0 aromatic carbocycles. The second-order valence-electron chi connectivity index (χ2n) is 6.93. The SMILES string of the molecule is CC(C)C[C@H](CO)Nc1ncnc2c1ncn2C1O[C@H](CO)[C@@H](O)[C@H]1O. The molecule has 10 heteroatoms. The van der Waals surface area contributed by atoms with Crippen LogP contribution in [0.3, 0.4) is 0 Å². The molecule has 26 heavy (non-hydrogen) atoms. The van der Waals surface area contributed by atoms with Crippen molar-refractivity contribution in [2.24, 2.45) is 5.92 Å². The van der Waals surface area contributed by atoms with Crippen molar-refractivity contribution in [2.75, 3.05) is 18.5 Å². The van der Waals surface area contributed by atoms with Gasteiger partial charge < -0.3 is 30.5 Å². The summed E-state index contributed by atoms with van der Waals surface area (Å²) in [6.07, 6.45) is -0.656. The highest BCUT2D eigenvalue weighted by atomic mass is 16.6. The minimum Gasteiger partial charge on any atom is -0.394 e.